The van der Waals surface area contributed by atoms with E-state index < -0.39 is 0 Å². The van der Waals surface area contributed by atoms with Crippen LogP contribution in [0.15, 0.2) is 53.0 Å². The molecule has 0 spiro atoms. The van der Waals surface area contributed by atoms with Crippen LogP contribution in [-0.4, -0.2) is 7.11 Å². The first kappa shape index (κ1) is 14.6. The highest BCUT2D eigenvalue weighted by molar-refractivity contribution is 9.10. The second-order valence-electron chi connectivity index (χ2n) is 5.60. The highest BCUT2D eigenvalue weighted by atomic mass is 79.9. The average molecular weight is 346 g/mol. The summed E-state index contributed by atoms with van der Waals surface area (Å²) in [6, 6.07) is 17.4. The van der Waals surface area contributed by atoms with Gasteiger partial charge in [0.15, 0.2) is 0 Å². The summed E-state index contributed by atoms with van der Waals surface area (Å²) in [5.74, 6) is 1.69. The number of hydrogen-bond donors (Lipinski definition) is 1. The molecule has 1 fully saturated rings. The van der Waals surface area contributed by atoms with Crippen LogP contribution < -0.4 is 10.1 Å². The Bertz CT molecular complexity index is 592. The Morgan fingerprint density at radius 3 is 2.57 bits per heavy atom. The van der Waals surface area contributed by atoms with E-state index in [2.05, 4.69) is 57.6 Å². The fourth-order valence-corrected chi connectivity index (χ4v) is 3.12. The van der Waals surface area contributed by atoms with Gasteiger partial charge in [-0.05, 0) is 54.2 Å². The van der Waals surface area contributed by atoms with Crippen LogP contribution in [0.1, 0.15) is 30.0 Å². The van der Waals surface area contributed by atoms with Crippen molar-refractivity contribution in [1.29, 1.82) is 0 Å². The number of methoxy groups -OCH3 is 1. The normalized spacial score (nSPS) is 15.7. The zero-order valence-corrected chi connectivity index (χ0v) is 13.8. The quantitative estimate of drug-likeness (QED) is 0.819. The second kappa shape index (κ2) is 6.63. The van der Waals surface area contributed by atoms with E-state index in [1.807, 2.05) is 12.1 Å². The molecule has 0 aromatic heterocycles. The summed E-state index contributed by atoms with van der Waals surface area (Å²) in [7, 11) is 1.71. The average Bonchev–Trinajstić information content (AvgIpc) is 3.33. The molecule has 0 radical (unpaired) electrons. The van der Waals surface area contributed by atoms with Crippen LogP contribution in [-0.2, 0) is 6.54 Å². The summed E-state index contributed by atoms with van der Waals surface area (Å²) in [4.78, 5) is 0. The van der Waals surface area contributed by atoms with Gasteiger partial charge in [-0.15, -0.1) is 0 Å². The van der Waals surface area contributed by atoms with Crippen molar-refractivity contribution >= 4 is 15.9 Å². The van der Waals surface area contributed by atoms with Crippen molar-refractivity contribution in [3.63, 3.8) is 0 Å². The molecule has 1 aliphatic carbocycles. The van der Waals surface area contributed by atoms with Gasteiger partial charge in [-0.3, -0.25) is 0 Å². The Hall–Kier alpha value is -1.32. The van der Waals surface area contributed by atoms with Crippen molar-refractivity contribution < 1.29 is 4.74 Å². The number of benzene rings is 2. The monoisotopic (exact) mass is 345 g/mol. The molecule has 1 atom stereocenters. The van der Waals surface area contributed by atoms with Crippen molar-refractivity contribution in [3.8, 4) is 5.75 Å². The van der Waals surface area contributed by atoms with Crippen LogP contribution >= 0.6 is 15.9 Å². The molecule has 21 heavy (non-hydrogen) atoms. The SMILES string of the molecule is COc1ccc(C(NCc2cccc(Br)c2)C2CC2)cc1. The van der Waals surface area contributed by atoms with Gasteiger partial charge in [-0.25, -0.2) is 0 Å². The van der Waals surface area contributed by atoms with Crippen LogP contribution in [0.3, 0.4) is 0 Å². The molecule has 2 nitrogen and oxygen atoms in total. The molecule has 3 heteroatoms. The van der Waals surface area contributed by atoms with E-state index in [9.17, 15) is 0 Å². The van der Waals surface area contributed by atoms with Gasteiger partial charge in [-0.1, -0.05) is 40.2 Å². The molecule has 110 valence electrons. The molecule has 2 aromatic rings. The lowest BCUT2D eigenvalue weighted by atomic mass is 10.0. The molecule has 0 heterocycles. The molecular weight excluding hydrogens is 326 g/mol. The van der Waals surface area contributed by atoms with Crippen LogP contribution in [0.4, 0.5) is 0 Å². The zero-order chi connectivity index (χ0) is 14.7. The van der Waals surface area contributed by atoms with Gasteiger partial charge in [0.05, 0.1) is 7.11 Å². The van der Waals surface area contributed by atoms with Crippen LogP contribution in [0.2, 0.25) is 0 Å². The summed E-state index contributed by atoms with van der Waals surface area (Å²) >= 11 is 3.53. The zero-order valence-electron chi connectivity index (χ0n) is 12.2. The summed E-state index contributed by atoms with van der Waals surface area (Å²) in [5.41, 5.74) is 2.66. The number of hydrogen-bond acceptors (Lipinski definition) is 2. The van der Waals surface area contributed by atoms with E-state index >= 15 is 0 Å². The predicted octanol–water partition coefficient (Wildman–Crippen LogP) is 4.70. The smallest absolute Gasteiger partial charge is 0.118 e. The lowest BCUT2D eigenvalue weighted by molar-refractivity contribution is 0.413. The minimum absolute atomic E-state index is 0.440. The first-order valence-electron chi connectivity index (χ1n) is 7.38. The van der Waals surface area contributed by atoms with Crippen molar-refractivity contribution in [2.45, 2.75) is 25.4 Å². The lowest BCUT2D eigenvalue weighted by Gasteiger charge is -2.19. The molecule has 1 saturated carbocycles. The molecule has 1 unspecified atom stereocenters. The third-order valence-electron chi connectivity index (χ3n) is 3.98. The topological polar surface area (TPSA) is 21.3 Å². The molecule has 0 amide bonds. The fourth-order valence-electron chi connectivity index (χ4n) is 2.67. The summed E-state index contributed by atoms with van der Waals surface area (Å²) in [6.07, 6.45) is 2.64. The highest BCUT2D eigenvalue weighted by Gasteiger charge is 2.31. The van der Waals surface area contributed by atoms with E-state index in [4.69, 9.17) is 4.74 Å². The van der Waals surface area contributed by atoms with Gasteiger partial charge in [0.1, 0.15) is 5.75 Å². The summed E-state index contributed by atoms with van der Waals surface area (Å²) in [6.45, 7) is 0.895. The third kappa shape index (κ3) is 3.86. The Kier molecular flexibility index (Phi) is 4.61. The van der Waals surface area contributed by atoms with Gasteiger partial charge in [0.2, 0.25) is 0 Å². The van der Waals surface area contributed by atoms with Gasteiger partial charge >= 0.3 is 0 Å². The Labute approximate surface area is 134 Å². The maximum absolute atomic E-state index is 5.24. The number of halogens is 1. The summed E-state index contributed by atoms with van der Waals surface area (Å²) < 4.78 is 6.38. The lowest BCUT2D eigenvalue weighted by Crippen LogP contribution is -2.22. The maximum atomic E-state index is 5.24. The van der Waals surface area contributed by atoms with E-state index in [1.165, 1.54) is 24.0 Å². The third-order valence-corrected chi connectivity index (χ3v) is 4.48. The van der Waals surface area contributed by atoms with E-state index in [-0.39, 0.29) is 0 Å². The molecule has 0 bridgehead atoms. The number of nitrogens with one attached hydrogen (secondary N) is 1. The fraction of sp³-hybridized carbons (Fsp3) is 0.333. The molecule has 0 aliphatic heterocycles. The molecule has 1 N–H and O–H groups in total. The largest absolute Gasteiger partial charge is 0.497 e. The molecule has 3 rings (SSSR count). The van der Waals surface area contributed by atoms with Gasteiger partial charge in [0, 0.05) is 17.1 Å². The van der Waals surface area contributed by atoms with Crippen LogP contribution in [0, 0.1) is 5.92 Å². The molecule has 2 aromatic carbocycles. The molecule has 1 aliphatic rings. The summed E-state index contributed by atoms with van der Waals surface area (Å²) in [5, 5.41) is 3.72. The second-order valence-corrected chi connectivity index (χ2v) is 6.51. The van der Waals surface area contributed by atoms with Gasteiger partial charge in [0.25, 0.3) is 0 Å². The van der Waals surface area contributed by atoms with Crippen molar-refractivity contribution in [2.24, 2.45) is 5.92 Å². The van der Waals surface area contributed by atoms with Crippen molar-refractivity contribution in [3.05, 3.63) is 64.1 Å². The van der Waals surface area contributed by atoms with Crippen molar-refractivity contribution in [1.82, 2.24) is 5.32 Å². The number of rotatable bonds is 6. The van der Waals surface area contributed by atoms with Gasteiger partial charge in [-0.2, -0.15) is 0 Å². The minimum Gasteiger partial charge on any atom is -0.497 e. The van der Waals surface area contributed by atoms with Crippen LogP contribution in [0.25, 0.3) is 0 Å². The van der Waals surface area contributed by atoms with Crippen LogP contribution in [0.5, 0.6) is 5.75 Å². The molecule has 0 saturated heterocycles. The Morgan fingerprint density at radius 1 is 1.19 bits per heavy atom. The Balaban J connectivity index is 1.69. The highest BCUT2D eigenvalue weighted by Crippen LogP contribution is 2.41. The van der Waals surface area contributed by atoms with E-state index in [0.717, 1.165) is 22.7 Å². The predicted molar refractivity (Wildman–Crippen MR) is 89.4 cm³/mol. The standard InChI is InChI=1S/C18H20BrNO/c1-21-17-9-7-15(8-10-17)18(14-5-6-14)20-12-13-3-2-4-16(19)11-13/h2-4,7-11,14,18,20H,5-6,12H2,1H3. The first-order valence-corrected chi connectivity index (χ1v) is 8.17. The van der Waals surface area contributed by atoms with E-state index in [0.29, 0.717) is 6.04 Å². The van der Waals surface area contributed by atoms with Crippen molar-refractivity contribution in [2.75, 3.05) is 7.11 Å². The first-order chi connectivity index (χ1) is 10.3. The van der Waals surface area contributed by atoms with E-state index in [1.54, 1.807) is 7.11 Å². The number of ether oxygens (including phenoxy) is 1. The Morgan fingerprint density at radius 2 is 1.95 bits per heavy atom. The minimum atomic E-state index is 0.440. The van der Waals surface area contributed by atoms with Gasteiger partial charge < -0.3 is 10.1 Å². The molecular formula is C18H20BrNO. The maximum Gasteiger partial charge on any atom is 0.118 e.